The molecular weight excluding hydrogens is 226 g/mol. The van der Waals surface area contributed by atoms with Crippen molar-refractivity contribution in [2.75, 3.05) is 18.9 Å². The summed E-state index contributed by atoms with van der Waals surface area (Å²) in [7, 11) is -1.72. The summed E-state index contributed by atoms with van der Waals surface area (Å²) in [6, 6.07) is 6.65. The van der Waals surface area contributed by atoms with Gasteiger partial charge in [0.05, 0.1) is 4.90 Å². The minimum absolute atomic E-state index is 0.124. The molecule has 0 aliphatic rings. The van der Waals surface area contributed by atoms with E-state index in [9.17, 15) is 8.42 Å². The zero-order valence-corrected chi connectivity index (χ0v) is 10.2. The van der Waals surface area contributed by atoms with Crippen LogP contribution in [-0.4, -0.2) is 28.1 Å². The molecule has 1 atom stereocenters. The lowest BCUT2D eigenvalue weighted by molar-refractivity contribution is 0.598. The van der Waals surface area contributed by atoms with Crippen molar-refractivity contribution in [2.45, 2.75) is 17.9 Å². The highest BCUT2D eigenvalue weighted by Gasteiger charge is 2.07. The van der Waals surface area contributed by atoms with E-state index >= 15 is 0 Å². The summed E-state index contributed by atoms with van der Waals surface area (Å²) in [5, 5.41) is 11.3. The molecule has 6 heteroatoms. The Bertz CT molecular complexity index is 428. The van der Waals surface area contributed by atoms with Crippen LogP contribution in [0, 0.1) is 0 Å². The summed E-state index contributed by atoms with van der Waals surface area (Å²) in [6.07, 6.45) is 0. The van der Waals surface area contributed by atoms with E-state index in [-0.39, 0.29) is 10.9 Å². The molecule has 1 rings (SSSR count). The Morgan fingerprint density at radius 1 is 1.31 bits per heavy atom. The number of primary sulfonamides is 1. The Balaban J connectivity index is 2.72. The van der Waals surface area contributed by atoms with Gasteiger partial charge in [0.1, 0.15) is 0 Å². The Hall–Kier alpha value is -1.11. The second-order valence-corrected chi connectivity index (χ2v) is 5.23. The highest BCUT2D eigenvalue weighted by Crippen LogP contribution is 2.13. The maximum Gasteiger partial charge on any atom is 0.238 e. The molecule has 0 spiro atoms. The quantitative estimate of drug-likeness (QED) is 0.697. The summed E-state index contributed by atoms with van der Waals surface area (Å²) in [5.74, 6) is 0. The number of nitrogens with two attached hydrogens (primary N) is 1. The number of rotatable bonds is 5. The van der Waals surface area contributed by atoms with Crippen LogP contribution in [0.5, 0.6) is 0 Å². The number of benzene rings is 1. The van der Waals surface area contributed by atoms with Gasteiger partial charge in [0.25, 0.3) is 0 Å². The first-order chi connectivity index (χ1) is 7.43. The fourth-order valence-electron chi connectivity index (χ4n) is 1.38. The van der Waals surface area contributed by atoms with E-state index in [0.717, 1.165) is 12.2 Å². The third-order valence-corrected chi connectivity index (χ3v) is 3.04. The molecule has 0 fully saturated rings. The molecule has 0 amide bonds. The van der Waals surface area contributed by atoms with E-state index in [0.29, 0.717) is 0 Å². The van der Waals surface area contributed by atoms with Gasteiger partial charge in [-0.1, -0.05) is 0 Å². The van der Waals surface area contributed by atoms with E-state index in [2.05, 4.69) is 10.6 Å². The molecule has 0 aliphatic heterocycles. The van der Waals surface area contributed by atoms with Gasteiger partial charge in [-0.25, -0.2) is 13.6 Å². The molecule has 0 bridgehead atoms. The minimum atomic E-state index is -3.60. The van der Waals surface area contributed by atoms with Crippen LogP contribution in [0.4, 0.5) is 5.69 Å². The van der Waals surface area contributed by atoms with E-state index in [1.165, 1.54) is 12.1 Å². The fourth-order valence-corrected chi connectivity index (χ4v) is 1.90. The fraction of sp³-hybridized carbons (Fsp3) is 0.400. The predicted molar refractivity (Wildman–Crippen MR) is 64.8 cm³/mol. The maximum absolute atomic E-state index is 11.0. The molecule has 90 valence electrons. The molecule has 0 aromatic heterocycles. The number of hydrogen-bond donors (Lipinski definition) is 3. The lowest BCUT2D eigenvalue weighted by atomic mass is 10.2. The number of sulfonamides is 1. The van der Waals surface area contributed by atoms with Gasteiger partial charge in [-0.15, -0.1) is 0 Å². The van der Waals surface area contributed by atoms with Gasteiger partial charge in [-0.3, -0.25) is 0 Å². The average Bonchev–Trinajstić information content (AvgIpc) is 2.17. The highest BCUT2D eigenvalue weighted by molar-refractivity contribution is 7.89. The molecule has 0 heterocycles. The minimum Gasteiger partial charge on any atom is -0.381 e. The largest absolute Gasteiger partial charge is 0.381 e. The number of nitrogens with one attached hydrogen (secondary N) is 2. The second-order valence-electron chi connectivity index (χ2n) is 3.67. The Kier molecular flexibility index (Phi) is 4.28. The zero-order chi connectivity index (χ0) is 12.2. The molecular formula is C10H17N3O2S. The van der Waals surface area contributed by atoms with Crippen molar-refractivity contribution in [1.29, 1.82) is 0 Å². The van der Waals surface area contributed by atoms with Crippen molar-refractivity contribution in [1.82, 2.24) is 5.32 Å². The summed E-state index contributed by atoms with van der Waals surface area (Å²) >= 11 is 0. The third-order valence-electron chi connectivity index (χ3n) is 2.11. The topological polar surface area (TPSA) is 84.2 Å². The van der Waals surface area contributed by atoms with Crippen LogP contribution in [0.2, 0.25) is 0 Å². The molecule has 0 saturated carbocycles. The van der Waals surface area contributed by atoms with Gasteiger partial charge in [-0.2, -0.15) is 0 Å². The smallest absolute Gasteiger partial charge is 0.238 e. The van der Waals surface area contributed by atoms with Gasteiger partial charge >= 0.3 is 0 Å². The number of anilines is 1. The van der Waals surface area contributed by atoms with E-state index in [1.807, 2.05) is 14.0 Å². The summed E-state index contributed by atoms with van der Waals surface area (Å²) in [4.78, 5) is 0.124. The molecule has 1 aromatic carbocycles. The lowest BCUT2D eigenvalue weighted by Crippen LogP contribution is -2.27. The normalized spacial score (nSPS) is 13.4. The van der Waals surface area contributed by atoms with E-state index < -0.39 is 10.0 Å². The summed E-state index contributed by atoms with van der Waals surface area (Å²) < 4.78 is 22.0. The van der Waals surface area contributed by atoms with Crippen molar-refractivity contribution in [3.8, 4) is 0 Å². The molecule has 4 N–H and O–H groups in total. The molecule has 0 radical (unpaired) electrons. The third kappa shape index (κ3) is 3.80. The second kappa shape index (κ2) is 5.29. The zero-order valence-electron chi connectivity index (χ0n) is 9.40. The monoisotopic (exact) mass is 243 g/mol. The maximum atomic E-state index is 11.0. The van der Waals surface area contributed by atoms with Crippen molar-refractivity contribution < 1.29 is 8.42 Å². The van der Waals surface area contributed by atoms with Gasteiger partial charge in [0.15, 0.2) is 0 Å². The first kappa shape index (κ1) is 13.0. The summed E-state index contributed by atoms with van der Waals surface area (Å²) in [6.45, 7) is 2.86. The molecule has 5 nitrogen and oxygen atoms in total. The van der Waals surface area contributed by atoms with Gasteiger partial charge in [0.2, 0.25) is 10.0 Å². The SMILES string of the molecule is CNCC(C)Nc1ccc(S(N)(=O)=O)cc1. The van der Waals surface area contributed by atoms with Gasteiger partial charge < -0.3 is 10.6 Å². The molecule has 0 saturated heterocycles. The van der Waals surface area contributed by atoms with Crippen LogP contribution in [0.3, 0.4) is 0 Å². The van der Waals surface area contributed by atoms with Crippen molar-refractivity contribution in [3.63, 3.8) is 0 Å². The molecule has 1 aromatic rings. The van der Waals surface area contributed by atoms with Crippen LogP contribution >= 0.6 is 0 Å². The van der Waals surface area contributed by atoms with Crippen LogP contribution in [0.1, 0.15) is 6.92 Å². The first-order valence-corrected chi connectivity index (χ1v) is 6.52. The van der Waals surface area contributed by atoms with Crippen LogP contribution in [0.15, 0.2) is 29.2 Å². The Morgan fingerprint density at radius 3 is 2.31 bits per heavy atom. The highest BCUT2D eigenvalue weighted by atomic mass is 32.2. The van der Waals surface area contributed by atoms with E-state index in [1.54, 1.807) is 12.1 Å². The van der Waals surface area contributed by atoms with Crippen molar-refractivity contribution in [2.24, 2.45) is 5.14 Å². The number of likely N-dealkylation sites (N-methyl/N-ethyl adjacent to an activating group) is 1. The number of hydrogen-bond acceptors (Lipinski definition) is 4. The van der Waals surface area contributed by atoms with Crippen molar-refractivity contribution in [3.05, 3.63) is 24.3 Å². The Labute approximate surface area is 96.1 Å². The van der Waals surface area contributed by atoms with Crippen LogP contribution in [0.25, 0.3) is 0 Å². The summed E-state index contributed by atoms with van der Waals surface area (Å²) in [5.41, 5.74) is 0.871. The average molecular weight is 243 g/mol. The van der Waals surface area contributed by atoms with Gasteiger partial charge in [-0.05, 0) is 38.2 Å². The molecule has 16 heavy (non-hydrogen) atoms. The first-order valence-electron chi connectivity index (χ1n) is 4.97. The predicted octanol–water partition coefficient (Wildman–Crippen LogP) is 0.354. The molecule has 0 aliphatic carbocycles. The molecule has 1 unspecified atom stereocenters. The standard InChI is InChI=1S/C10H17N3O2S/c1-8(7-12-2)13-9-3-5-10(6-4-9)16(11,14)15/h3-6,8,12-13H,7H2,1-2H3,(H2,11,14,15). The van der Waals surface area contributed by atoms with Crippen LogP contribution in [-0.2, 0) is 10.0 Å². The Morgan fingerprint density at radius 2 is 1.88 bits per heavy atom. The van der Waals surface area contributed by atoms with E-state index in [4.69, 9.17) is 5.14 Å². The lowest BCUT2D eigenvalue weighted by Gasteiger charge is -2.14. The van der Waals surface area contributed by atoms with Gasteiger partial charge in [0, 0.05) is 18.3 Å². The van der Waals surface area contributed by atoms with Crippen molar-refractivity contribution >= 4 is 15.7 Å². The van der Waals surface area contributed by atoms with Crippen LogP contribution < -0.4 is 15.8 Å².